The third-order valence-electron chi connectivity index (χ3n) is 4.58. The van der Waals surface area contributed by atoms with Crippen LogP contribution in [0.1, 0.15) is 27.6 Å². The average Bonchev–Trinajstić information content (AvgIpc) is 2.78. The van der Waals surface area contributed by atoms with Crippen LogP contribution in [-0.4, -0.2) is 26.0 Å². The van der Waals surface area contributed by atoms with Crippen molar-refractivity contribution >= 4 is 21.6 Å². The molecule has 0 radical (unpaired) electrons. The summed E-state index contributed by atoms with van der Waals surface area (Å²) in [6, 6.07) is 13.7. The van der Waals surface area contributed by atoms with Crippen LogP contribution in [-0.2, 0) is 16.2 Å². The van der Waals surface area contributed by atoms with Gasteiger partial charge in [0.25, 0.3) is 15.9 Å². The molecular weight excluding hydrogens is 464 g/mol. The van der Waals surface area contributed by atoms with Gasteiger partial charge in [-0.3, -0.25) is 9.52 Å². The molecule has 1 amide bonds. The number of carbonyl (C=O) groups excluding carboxylic acids is 1. The molecule has 33 heavy (non-hydrogen) atoms. The van der Waals surface area contributed by atoms with Crippen molar-refractivity contribution in [2.24, 2.45) is 0 Å². The molecule has 6 nitrogen and oxygen atoms in total. The number of halogens is 4. The van der Waals surface area contributed by atoms with Crippen LogP contribution in [0.25, 0.3) is 0 Å². The number of aliphatic hydroxyl groups excluding tert-OH is 1. The summed E-state index contributed by atoms with van der Waals surface area (Å²) in [4.78, 5) is 12.1. The van der Waals surface area contributed by atoms with Gasteiger partial charge >= 0.3 is 6.18 Å². The number of hydrogen-bond acceptors (Lipinski definition) is 4. The molecule has 3 N–H and O–H groups in total. The second-order valence-corrected chi connectivity index (χ2v) is 8.67. The molecule has 0 fully saturated rings. The molecule has 0 saturated heterocycles. The highest BCUT2D eigenvalue weighted by atomic mass is 32.2. The number of anilines is 1. The molecule has 1 unspecified atom stereocenters. The Bertz CT molecular complexity index is 1230. The van der Waals surface area contributed by atoms with E-state index in [2.05, 4.69) is 10.0 Å². The molecule has 3 rings (SSSR count). The number of aliphatic hydroxyl groups is 1. The van der Waals surface area contributed by atoms with Crippen LogP contribution in [0.4, 0.5) is 23.2 Å². The number of hydrogen-bond donors (Lipinski definition) is 3. The van der Waals surface area contributed by atoms with Crippen LogP contribution in [0.5, 0.6) is 0 Å². The van der Waals surface area contributed by atoms with Crippen molar-refractivity contribution in [3.05, 3.63) is 95.3 Å². The zero-order chi connectivity index (χ0) is 24.2. The maximum Gasteiger partial charge on any atom is 0.416 e. The lowest BCUT2D eigenvalue weighted by molar-refractivity contribution is -0.137. The minimum absolute atomic E-state index is 0.0153. The number of rotatable bonds is 7. The molecule has 0 spiro atoms. The predicted octanol–water partition coefficient (Wildman–Crippen LogP) is 4.11. The van der Waals surface area contributed by atoms with Crippen LogP contribution in [0.2, 0.25) is 0 Å². The topological polar surface area (TPSA) is 95.5 Å². The lowest BCUT2D eigenvalue weighted by Gasteiger charge is -2.15. The summed E-state index contributed by atoms with van der Waals surface area (Å²) in [5, 5.41) is 12.5. The zero-order valence-corrected chi connectivity index (χ0v) is 17.6. The quantitative estimate of drug-likeness (QED) is 0.442. The molecule has 0 aliphatic heterocycles. The summed E-state index contributed by atoms with van der Waals surface area (Å²) in [6.07, 6.45) is -5.94. The van der Waals surface area contributed by atoms with Gasteiger partial charge in [0.15, 0.2) is 0 Å². The molecule has 0 aliphatic rings. The van der Waals surface area contributed by atoms with E-state index >= 15 is 0 Å². The second kappa shape index (κ2) is 9.59. The Hall–Kier alpha value is -3.44. The number of sulfonamides is 1. The van der Waals surface area contributed by atoms with Gasteiger partial charge in [-0.25, -0.2) is 12.8 Å². The zero-order valence-electron chi connectivity index (χ0n) is 16.8. The van der Waals surface area contributed by atoms with E-state index in [1.54, 1.807) is 0 Å². The SMILES string of the molecule is O=C(NCC(O)c1cccc(C(F)(F)F)c1)c1ccc(S(=O)(=O)Nc2ccc(F)cc2)cc1. The number of amides is 1. The number of alkyl halides is 3. The van der Waals surface area contributed by atoms with E-state index in [1.165, 1.54) is 42.5 Å². The Balaban J connectivity index is 1.63. The lowest BCUT2D eigenvalue weighted by atomic mass is 10.1. The van der Waals surface area contributed by atoms with E-state index in [0.717, 1.165) is 30.3 Å². The minimum atomic E-state index is -4.56. The van der Waals surface area contributed by atoms with E-state index < -0.39 is 39.6 Å². The molecule has 0 aromatic heterocycles. The molecule has 3 aromatic rings. The van der Waals surface area contributed by atoms with Crippen molar-refractivity contribution in [3.63, 3.8) is 0 Å². The van der Waals surface area contributed by atoms with Crippen molar-refractivity contribution < 1.29 is 35.9 Å². The van der Waals surface area contributed by atoms with Gasteiger partial charge in [-0.2, -0.15) is 13.2 Å². The maximum atomic E-state index is 13.0. The Morgan fingerprint density at radius 3 is 2.21 bits per heavy atom. The van der Waals surface area contributed by atoms with Crippen LogP contribution in [0.15, 0.2) is 77.7 Å². The third kappa shape index (κ3) is 6.30. The molecule has 1 atom stereocenters. The van der Waals surface area contributed by atoms with Crippen molar-refractivity contribution in [2.45, 2.75) is 17.2 Å². The van der Waals surface area contributed by atoms with Gasteiger partial charge < -0.3 is 10.4 Å². The molecule has 0 heterocycles. The number of nitrogens with one attached hydrogen (secondary N) is 2. The molecule has 0 aliphatic carbocycles. The fourth-order valence-electron chi connectivity index (χ4n) is 2.85. The van der Waals surface area contributed by atoms with Crippen LogP contribution >= 0.6 is 0 Å². The minimum Gasteiger partial charge on any atom is -0.387 e. The van der Waals surface area contributed by atoms with Crippen LogP contribution in [0.3, 0.4) is 0 Å². The summed E-state index contributed by atoms with van der Waals surface area (Å²) < 4.78 is 78.5. The van der Waals surface area contributed by atoms with Gasteiger partial charge in [0, 0.05) is 17.8 Å². The maximum absolute atomic E-state index is 13.0. The highest BCUT2D eigenvalue weighted by Crippen LogP contribution is 2.30. The lowest BCUT2D eigenvalue weighted by Crippen LogP contribution is -2.28. The molecule has 11 heteroatoms. The monoisotopic (exact) mass is 482 g/mol. The molecule has 0 saturated carbocycles. The van der Waals surface area contributed by atoms with E-state index in [1.807, 2.05) is 0 Å². The summed E-state index contributed by atoms with van der Waals surface area (Å²) >= 11 is 0. The van der Waals surface area contributed by atoms with Gasteiger partial charge in [-0.05, 0) is 66.2 Å². The Morgan fingerprint density at radius 1 is 0.970 bits per heavy atom. The molecule has 0 bridgehead atoms. The molecular formula is C22H18F4N2O4S. The normalized spacial score (nSPS) is 12.8. The Labute approximate surface area is 186 Å². The van der Waals surface area contributed by atoms with Crippen molar-refractivity contribution in [1.29, 1.82) is 0 Å². The highest BCUT2D eigenvalue weighted by molar-refractivity contribution is 7.92. The summed E-state index contributed by atoms with van der Waals surface area (Å²) in [6.45, 7) is -0.355. The first-order chi connectivity index (χ1) is 15.5. The second-order valence-electron chi connectivity index (χ2n) is 6.99. The Morgan fingerprint density at radius 2 is 1.61 bits per heavy atom. The summed E-state index contributed by atoms with van der Waals surface area (Å²) in [5.74, 6) is -1.18. The first-order valence-corrected chi connectivity index (χ1v) is 11.0. The summed E-state index contributed by atoms with van der Waals surface area (Å²) in [7, 11) is -3.98. The predicted molar refractivity (Wildman–Crippen MR) is 112 cm³/mol. The Kier molecular flexibility index (Phi) is 7.04. The fourth-order valence-corrected chi connectivity index (χ4v) is 3.91. The third-order valence-corrected chi connectivity index (χ3v) is 5.98. The van der Waals surface area contributed by atoms with Gasteiger partial charge in [0.1, 0.15) is 5.82 Å². The van der Waals surface area contributed by atoms with E-state index in [9.17, 15) is 35.9 Å². The number of benzene rings is 3. The van der Waals surface area contributed by atoms with E-state index in [4.69, 9.17) is 0 Å². The van der Waals surface area contributed by atoms with Crippen LogP contribution < -0.4 is 10.0 Å². The number of carbonyl (C=O) groups is 1. The van der Waals surface area contributed by atoms with Gasteiger partial charge in [0.05, 0.1) is 16.6 Å². The smallest absolute Gasteiger partial charge is 0.387 e. The largest absolute Gasteiger partial charge is 0.416 e. The first-order valence-electron chi connectivity index (χ1n) is 9.47. The van der Waals surface area contributed by atoms with Crippen molar-refractivity contribution in [1.82, 2.24) is 5.32 Å². The standard InChI is InChI=1S/C22H18F4N2O4S/c23-17-6-8-18(9-7-17)28-33(31,32)19-10-4-14(5-11-19)21(30)27-13-20(29)15-2-1-3-16(12-15)22(24,25)26/h1-12,20,28-29H,13H2,(H,27,30). The van der Waals surface area contributed by atoms with Gasteiger partial charge in [-0.15, -0.1) is 0 Å². The summed E-state index contributed by atoms with van der Waals surface area (Å²) in [5.41, 5.74) is -0.705. The average molecular weight is 482 g/mol. The van der Waals surface area contributed by atoms with E-state index in [-0.39, 0.29) is 28.3 Å². The van der Waals surface area contributed by atoms with Crippen molar-refractivity contribution in [3.8, 4) is 0 Å². The van der Waals surface area contributed by atoms with Gasteiger partial charge in [0.2, 0.25) is 0 Å². The van der Waals surface area contributed by atoms with Crippen molar-refractivity contribution in [2.75, 3.05) is 11.3 Å². The highest BCUT2D eigenvalue weighted by Gasteiger charge is 2.30. The first kappa shape index (κ1) is 24.2. The van der Waals surface area contributed by atoms with E-state index in [0.29, 0.717) is 0 Å². The fraction of sp³-hybridized carbons (Fsp3) is 0.136. The molecule has 174 valence electrons. The molecule has 3 aromatic carbocycles. The van der Waals surface area contributed by atoms with Gasteiger partial charge in [-0.1, -0.05) is 12.1 Å². The van der Waals surface area contributed by atoms with Crippen LogP contribution in [0, 0.1) is 5.82 Å².